The van der Waals surface area contributed by atoms with Crippen molar-refractivity contribution in [1.29, 1.82) is 0 Å². The van der Waals surface area contributed by atoms with Gasteiger partial charge in [-0.2, -0.15) is 10.9 Å². The summed E-state index contributed by atoms with van der Waals surface area (Å²) < 4.78 is 11.4. The van der Waals surface area contributed by atoms with Gasteiger partial charge in [0, 0.05) is 0 Å². The van der Waals surface area contributed by atoms with Crippen molar-refractivity contribution in [3.05, 3.63) is 120 Å². The molecule has 4 heteroatoms. The fourth-order valence-electron chi connectivity index (χ4n) is 4.50. The quantitative estimate of drug-likeness (QED) is 0.175. The number of rotatable bonds is 8. The van der Waals surface area contributed by atoms with Crippen LogP contribution < -0.4 is 4.74 Å². The van der Waals surface area contributed by atoms with Gasteiger partial charge in [0.2, 0.25) is 0 Å². The summed E-state index contributed by atoms with van der Waals surface area (Å²) in [6.45, 7) is 0.589. The molecule has 0 spiro atoms. The Kier molecular flexibility index (Phi) is 6.97. The van der Waals surface area contributed by atoms with Crippen LogP contribution in [0.2, 0.25) is 0 Å². The second-order valence-corrected chi connectivity index (χ2v) is 10.5. The van der Waals surface area contributed by atoms with Gasteiger partial charge in [0.15, 0.2) is 0 Å². The third-order valence-electron chi connectivity index (χ3n) is 6.14. The summed E-state index contributed by atoms with van der Waals surface area (Å²) in [6, 6.07) is 37.7. The highest BCUT2D eigenvalue weighted by atomic mass is 32.2. The van der Waals surface area contributed by atoms with Gasteiger partial charge in [0.1, 0.15) is 19.0 Å². The predicted molar refractivity (Wildman–Crippen MR) is 137 cm³/mol. The second-order valence-electron chi connectivity index (χ2n) is 8.31. The summed E-state index contributed by atoms with van der Waals surface area (Å²) in [7, 11) is -0.635. The smallest absolute Gasteiger partial charge is 0.313 e. The van der Waals surface area contributed by atoms with Gasteiger partial charge in [-0.1, -0.05) is 60.7 Å². The molecule has 0 bridgehead atoms. The zero-order valence-corrected chi connectivity index (χ0v) is 19.9. The molecule has 4 aromatic carbocycles. The highest BCUT2D eigenvalue weighted by Gasteiger charge is 2.29. The molecule has 0 amide bonds. The van der Waals surface area contributed by atoms with Crippen LogP contribution in [-0.2, 0) is 16.0 Å². The lowest BCUT2D eigenvalue weighted by molar-refractivity contribution is -0.146. The summed E-state index contributed by atoms with van der Waals surface area (Å²) in [4.78, 5) is 16.4. The van der Waals surface area contributed by atoms with Crippen molar-refractivity contribution < 1.29 is 14.3 Å². The maximum atomic E-state index is 12.5. The van der Waals surface area contributed by atoms with Crippen LogP contribution in [0.4, 0.5) is 0 Å². The van der Waals surface area contributed by atoms with Crippen LogP contribution in [0.5, 0.6) is 5.75 Å². The summed E-state index contributed by atoms with van der Waals surface area (Å²) >= 11 is 0. The largest absolute Gasteiger partial charge is 0.490 e. The molecule has 0 aliphatic heterocycles. The number of fused-ring (bicyclic) bond motifs is 1. The van der Waals surface area contributed by atoms with Gasteiger partial charge in [-0.15, -0.1) is 0 Å². The Morgan fingerprint density at radius 2 is 1.29 bits per heavy atom. The summed E-state index contributed by atoms with van der Waals surface area (Å²) in [6.07, 6.45) is 1.76. The first-order valence-electron chi connectivity index (χ1n) is 11.7. The molecular weight excluding hydrogens is 440 g/mol. The van der Waals surface area contributed by atoms with E-state index in [2.05, 4.69) is 78.9 Å². The van der Waals surface area contributed by atoms with Gasteiger partial charge in [-0.05, 0) is 87.2 Å². The highest BCUT2D eigenvalue weighted by molar-refractivity contribution is 8.17. The first-order chi connectivity index (χ1) is 16.8. The SMILES string of the molecule is O=C(OCCOc1ccc([SH](c2ccccc2)c2ccccc2)cc1)C1CCc2ccccc21. The van der Waals surface area contributed by atoms with E-state index in [4.69, 9.17) is 9.47 Å². The molecule has 34 heavy (non-hydrogen) atoms. The Labute approximate surface area is 203 Å². The maximum Gasteiger partial charge on any atom is 0.313 e. The summed E-state index contributed by atoms with van der Waals surface area (Å²) in [5, 5.41) is 0. The molecule has 5 rings (SSSR count). The molecule has 1 aliphatic carbocycles. The van der Waals surface area contributed by atoms with Crippen LogP contribution in [0.15, 0.2) is 124 Å². The Hall–Kier alpha value is -3.50. The van der Waals surface area contributed by atoms with Crippen molar-refractivity contribution in [2.75, 3.05) is 13.2 Å². The normalized spacial score (nSPS) is 14.8. The number of thiol groups is 1. The van der Waals surface area contributed by atoms with E-state index < -0.39 is 10.9 Å². The first-order valence-corrected chi connectivity index (χ1v) is 13.0. The molecule has 0 aromatic heterocycles. The molecule has 0 fully saturated rings. The molecule has 0 N–H and O–H groups in total. The van der Waals surface area contributed by atoms with E-state index >= 15 is 0 Å². The lowest BCUT2D eigenvalue weighted by Gasteiger charge is -2.23. The van der Waals surface area contributed by atoms with Crippen molar-refractivity contribution in [2.24, 2.45) is 0 Å². The fraction of sp³-hybridized carbons (Fsp3) is 0.167. The number of benzene rings is 4. The third kappa shape index (κ3) is 5.02. The highest BCUT2D eigenvalue weighted by Crippen LogP contribution is 2.51. The van der Waals surface area contributed by atoms with Crippen LogP contribution >= 0.6 is 10.9 Å². The molecule has 1 atom stereocenters. The van der Waals surface area contributed by atoms with Gasteiger partial charge >= 0.3 is 5.97 Å². The van der Waals surface area contributed by atoms with Crippen molar-refractivity contribution in [3.63, 3.8) is 0 Å². The molecular formula is C30H28O3S. The number of ether oxygens (including phenoxy) is 2. The molecule has 4 aromatic rings. The Morgan fingerprint density at radius 1 is 0.706 bits per heavy atom. The molecule has 0 heterocycles. The number of aryl methyl sites for hydroxylation is 1. The first kappa shape index (κ1) is 22.3. The Morgan fingerprint density at radius 3 is 1.97 bits per heavy atom. The van der Waals surface area contributed by atoms with Crippen molar-refractivity contribution in [3.8, 4) is 5.75 Å². The van der Waals surface area contributed by atoms with Crippen LogP contribution in [0.3, 0.4) is 0 Å². The Balaban J connectivity index is 1.19. The minimum Gasteiger partial charge on any atom is -0.490 e. The minimum atomic E-state index is -0.635. The lowest BCUT2D eigenvalue weighted by Crippen LogP contribution is -2.17. The maximum absolute atomic E-state index is 12.5. The minimum absolute atomic E-state index is 0.147. The molecule has 0 saturated heterocycles. The molecule has 0 saturated carbocycles. The van der Waals surface area contributed by atoms with Gasteiger partial charge < -0.3 is 9.47 Å². The summed E-state index contributed by atoms with van der Waals surface area (Å²) in [5.74, 6) is 0.480. The number of carbonyl (C=O) groups is 1. The number of hydrogen-bond acceptors (Lipinski definition) is 3. The van der Waals surface area contributed by atoms with E-state index in [0.29, 0.717) is 6.61 Å². The van der Waals surface area contributed by atoms with Gasteiger partial charge in [-0.25, -0.2) is 0 Å². The van der Waals surface area contributed by atoms with Crippen LogP contribution in [0.25, 0.3) is 0 Å². The van der Waals surface area contributed by atoms with E-state index in [0.717, 1.165) is 24.2 Å². The molecule has 172 valence electrons. The average molecular weight is 469 g/mol. The van der Waals surface area contributed by atoms with Crippen molar-refractivity contribution >= 4 is 16.9 Å². The van der Waals surface area contributed by atoms with Crippen LogP contribution in [-0.4, -0.2) is 19.2 Å². The van der Waals surface area contributed by atoms with Crippen LogP contribution in [0, 0.1) is 0 Å². The zero-order valence-electron chi connectivity index (χ0n) is 19.0. The monoisotopic (exact) mass is 468 g/mol. The average Bonchev–Trinajstić information content (AvgIpc) is 3.33. The summed E-state index contributed by atoms with van der Waals surface area (Å²) in [5.41, 5.74) is 2.36. The fourth-order valence-corrected chi connectivity index (χ4v) is 6.78. The zero-order chi connectivity index (χ0) is 23.2. The second kappa shape index (κ2) is 10.6. The molecule has 1 unspecified atom stereocenters. The molecule has 0 radical (unpaired) electrons. The van der Waals surface area contributed by atoms with Gasteiger partial charge in [0.25, 0.3) is 0 Å². The predicted octanol–water partition coefficient (Wildman–Crippen LogP) is 6.82. The van der Waals surface area contributed by atoms with E-state index in [1.54, 1.807) is 0 Å². The van der Waals surface area contributed by atoms with E-state index in [1.807, 2.05) is 30.3 Å². The lowest BCUT2D eigenvalue weighted by atomic mass is 10.0. The van der Waals surface area contributed by atoms with Gasteiger partial charge in [-0.3, -0.25) is 4.79 Å². The number of hydrogen-bond donors (Lipinski definition) is 1. The van der Waals surface area contributed by atoms with Gasteiger partial charge in [0.05, 0.1) is 5.92 Å². The van der Waals surface area contributed by atoms with E-state index in [-0.39, 0.29) is 18.5 Å². The number of esters is 1. The van der Waals surface area contributed by atoms with Crippen LogP contribution in [0.1, 0.15) is 23.5 Å². The topological polar surface area (TPSA) is 35.5 Å². The van der Waals surface area contributed by atoms with Crippen molar-refractivity contribution in [2.45, 2.75) is 33.4 Å². The Bertz CT molecular complexity index is 1180. The molecule has 1 aliphatic rings. The van der Waals surface area contributed by atoms with E-state index in [9.17, 15) is 4.79 Å². The number of carbonyl (C=O) groups excluding carboxylic acids is 1. The third-order valence-corrected chi connectivity index (χ3v) is 8.58. The van der Waals surface area contributed by atoms with E-state index in [1.165, 1.54) is 20.2 Å². The standard InChI is InChI=1S/C30H28O3S/c31-30(29-20-15-23-9-7-8-14-28(23)29)33-22-21-32-24-16-18-27(19-17-24)34(25-10-3-1-4-11-25)26-12-5-2-6-13-26/h1-14,16-19,29,34H,15,20-22H2. The van der Waals surface area contributed by atoms with Crippen molar-refractivity contribution in [1.82, 2.24) is 0 Å². The molecule has 3 nitrogen and oxygen atoms in total.